The molecule has 0 saturated carbocycles. The van der Waals surface area contributed by atoms with Crippen LogP contribution >= 0.6 is 0 Å². The minimum Gasteiger partial charge on any atom is -0.329 e. The van der Waals surface area contributed by atoms with Crippen molar-refractivity contribution in [3.63, 3.8) is 0 Å². The number of nitrogens with zero attached hydrogens (tertiary/aromatic N) is 1. The van der Waals surface area contributed by atoms with Crippen LogP contribution in [0.25, 0.3) is 0 Å². The van der Waals surface area contributed by atoms with E-state index in [1.165, 1.54) is 13.1 Å². The van der Waals surface area contributed by atoms with Crippen LogP contribution < -0.4 is 5.73 Å². The molecule has 78 valence electrons. The summed E-state index contributed by atoms with van der Waals surface area (Å²) < 4.78 is 0. The third kappa shape index (κ3) is 2.23. The molecule has 1 heterocycles. The summed E-state index contributed by atoms with van der Waals surface area (Å²) in [5, 5.41) is 0. The smallest absolute Gasteiger partial charge is 0.0275 e. The molecule has 0 bridgehead atoms. The van der Waals surface area contributed by atoms with Crippen LogP contribution in [0.1, 0.15) is 34.6 Å². The summed E-state index contributed by atoms with van der Waals surface area (Å²) in [5.41, 5.74) is 6.39. The Bertz CT molecular complexity index is 173. The van der Waals surface area contributed by atoms with Crippen molar-refractivity contribution >= 4 is 0 Å². The molecule has 2 N–H and O–H groups in total. The number of hydrogen-bond donors (Lipinski definition) is 1. The highest BCUT2D eigenvalue weighted by atomic mass is 15.3. The van der Waals surface area contributed by atoms with E-state index in [0.29, 0.717) is 5.41 Å². The maximum absolute atomic E-state index is 5.73. The molecule has 0 aromatic rings. The topological polar surface area (TPSA) is 29.3 Å². The van der Waals surface area contributed by atoms with Gasteiger partial charge >= 0.3 is 0 Å². The lowest BCUT2D eigenvalue weighted by molar-refractivity contribution is -0.0382. The Morgan fingerprint density at radius 1 is 1.15 bits per heavy atom. The van der Waals surface area contributed by atoms with Crippen molar-refractivity contribution in [3.05, 3.63) is 0 Å². The first-order chi connectivity index (χ1) is 5.77. The van der Waals surface area contributed by atoms with Gasteiger partial charge in [0.2, 0.25) is 0 Å². The van der Waals surface area contributed by atoms with E-state index in [1.54, 1.807) is 0 Å². The van der Waals surface area contributed by atoms with Gasteiger partial charge < -0.3 is 5.73 Å². The molecule has 0 aromatic heterocycles. The average Bonchev–Trinajstić information content (AvgIpc) is 1.79. The molecule has 0 aromatic carbocycles. The van der Waals surface area contributed by atoms with Gasteiger partial charge in [-0.25, -0.2) is 0 Å². The first-order valence-corrected chi connectivity index (χ1v) is 5.22. The quantitative estimate of drug-likeness (QED) is 0.708. The third-order valence-electron chi connectivity index (χ3n) is 3.46. The summed E-state index contributed by atoms with van der Waals surface area (Å²) in [6.45, 7) is 14.6. The summed E-state index contributed by atoms with van der Waals surface area (Å²) in [4.78, 5) is 2.49. The summed E-state index contributed by atoms with van der Waals surface area (Å²) >= 11 is 0. The van der Waals surface area contributed by atoms with Crippen molar-refractivity contribution in [1.82, 2.24) is 4.90 Å². The second-order valence-electron chi connectivity index (χ2n) is 5.98. The molecule has 2 heteroatoms. The highest BCUT2D eigenvalue weighted by molar-refractivity contribution is 4.95. The highest BCUT2D eigenvalue weighted by Gasteiger charge is 2.41. The van der Waals surface area contributed by atoms with E-state index in [4.69, 9.17) is 5.73 Å². The summed E-state index contributed by atoms with van der Waals surface area (Å²) in [5.74, 6) is 0.846. The first kappa shape index (κ1) is 11.0. The largest absolute Gasteiger partial charge is 0.329 e. The van der Waals surface area contributed by atoms with E-state index in [0.717, 1.165) is 12.5 Å². The van der Waals surface area contributed by atoms with E-state index >= 15 is 0 Å². The van der Waals surface area contributed by atoms with Crippen molar-refractivity contribution in [2.24, 2.45) is 17.1 Å². The Hall–Kier alpha value is -0.0800. The van der Waals surface area contributed by atoms with Crippen LogP contribution in [0, 0.1) is 11.3 Å². The van der Waals surface area contributed by atoms with Gasteiger partial charge in [0.15, 0.2) is 0 Å². The van der Waals surface area contributed by atoms with Gasteiger partial charge in [0.25, 0.3) is 0 Å². The Morgan fingerprint density at radius 3 is 1.92 bits per heavy atom. The molecule has 0 unspecified atom stereocenters. The van der Waals surface area contributed by atoms with E-state index in [-0.39, 0.29) is 5.54 Å². The molecule has 13 heavy (non-hydrogen) atoms. The fourth-order valence-corrected chi connectivity index (χ4v) is 1.65. The summed E-state index contributed by atoms with van der Waals surface area (Å²) in [7, 11) is 0. The molecule has 1 aliphatic heterocycles. The fourth-order valence-electron chi connectivity index (χ4n) is 1.65. The van der Waals surface area contributed by atoms with Crippen LogP contribution in [0.3, 0.4) is 0 Å². The second kappa shape index (κ2) is 3.25. The van der Waals surface area contributed by atoms with Crippen LogP contribution in [0.5, 0.6) is 0 Å². The minimum atomic E-state index is 0.196. The van der Waals surface area contributed by atoms with Crippen LogP contribution in [-0.2, 0) is 0 Å². The molecule has 0 spiro atoms. The number of likely N-dealkylation sites (tertiary alicyclic amines) is 1. The molecule has 2 nitrogen and oxygen atoms in total. The Morgan fingerprint density at radius 2 is 1.62 bits per heavy atom. The standard InChI is InChI=1S/C11H24N2/c1-10(2,3)9-6-13(7-9)11(4,5)8-12/h9H,6-8,12H2,1-5H3. The van der Waals surface area contributed by atoms with Crippen LogP contribution in [0.4, 0.5) is 0 Å². The van der Waals surface area contributed by atoms with Gasteiger partial charge in [0, 0.05) is 25.2 Å². The fraction of sp³-hybridized carbons (Fsp3) is 1.00. The third-order valence-corrected chi connectivity index (χ3v) is 3.46. The average molecular weight is 184 g/mol. The molecule has 1 rings (SSSR count). The van der Waals surface area contributed by atoms with E-state index in [1.807, 2.05) is 0 Å². The predicted molar refractivity (Wildman–Crippen MR) is 57.7 cm³/mol. The van der Waals surface area contributed by atoms with E-state index < -0.39 is 0 Å². The predicted octanol–water partition coefficient (Wildman–Crippen LogP) is 1.70. The van der Waals surface area contributed by atoms with Crippen molar-refractivity contribution in [2.75, 3.05) is 19.6 Å². The lowest BCUT2D eigenvalue weighted by Crippen LogP contribution is -2.62. The van der Waals surface area contributed by atoms with E-state index in [9.17, 15) is 0 Å². The Labute approximate surface area is 82.5 Å². The van der Waals surface area contributed by atoms with Crippen LogP contribution in [-0.4, -0.2) is 30.1 Å². The lowest BCUT2D eigenvalue weighted by atomic mass is 9.74. The van der Waals surface area contributed by atoms with Gasteiger partial charge in [-0.2, -0.15) is 0 Å². The van der Waals surface area contributed by atoms with Gasteiger partial charge in [-0.3, -0.25) is 4.90 Å². The monoisotopic (exact) mass is 184 g/mol. The number of nitrogens with two attached hydrogens (primary N) is 1. The van der Waals surface area contributed by atoms with Crippen molar-refractivity contribution in [2.45, 2.75) is 40.2 Å². The molecular weight excluding hydrogens is 160 g/mol. The lowest BCUT2D eigenvalue weighted by Gasteiger charge is -2.53. The number of hydrogen-bond acceptors (Lipinski definition) is 2. The zero-order chi connectivity index (χ0) is 10.3. The molecule has 0 radical (unpaired) electrons. The molecule has 0 atom stereocenters. The summed E-state index contributed by atoms with van der Waals surface area (Å²) in [6, 6.07) is 0. The maximum atomic E-state index is 5.73. The van der Waals surface area contributed by atoms with Crippen molar-refractivity contribution < 1.29 is 0 Å². The summed E-state index contributed by atoms with van der Waals surface area (Å²) in [6.07, 6.45) is 0. The van der Waals surface area contributed by atoms with Crippen LogP contribution in [0.2, 0.25) is 0 Å². The Kier molecular flexibility index (Phi) is 2.75. The van der Waals surface area contributed by atoms with Crippen molar-refractivity contribution in [3.8, 4) is 0 Å². The van der Waals surface area contributed by atoms with Gasteiger partial charge in [-0.1, -0.05) is 20.8 Å². The van der Waals surface area contributed by atoms with Gasteiger partial charge in [-0.15, -0.1) is 0 Å². The first-order valence-electron chi connectivity index (χ1n) is 5.22. The molecule has 0 amide bonds. The normalized spacial score (nSPS) is 21.7. The molecule has 1 fully saturated rings. The molecule has 1 saturated heterocycles. The minimum absolute atomic E-state index is 0.196. The second-order valence-corrected chi connectivity index (χ2v) is 5.98. The SMILES string of the molecule is CC(C)(C)C1CN(C(C)(C)CN)C1. The van der Waals surface area contributed by atoms with E-state index in [2.05, 4.69) is 39.5 Å². The molecular formula is C11H24N2. The zero-order valence-corrected chi connectivity index (χ0v) is 9.72. The maximum Gasteiger partial charge on any atom is 0.0275 e. The van der Waals surface area contributed by atoms with Crippen molar-refractivity contribution in [1.29, 1.82) is 0 Å². The Balaban J connectivity index is 2.42. The van der Waals surface area contributed by atoms with Gasteiger partial charge in [0.1, 0.15) is 0 Å². The number of rotatable bonds is 2. The highest BCUT2D eigenvalue weighted by Crippen LogP contribution is 2.36. The van der Waals surface area contributed by atoms with Gasteiger partial charge in [0.05, 0.1) is 0 Å². The zero-order valence-electron chi connectivity index (χ0n) is 9.72. The van der Waals surface area contributed by atoms with Crippen LogP contribution in [0.15, 0.2) is 0 Å². The molecule has 0 aliphatic carbocycles. The van der Waals surface area contributed by atoms with Gasteiger partial charge in [-0.05, 0) is 25.2 Å². The molecule has 1 aliphatic rings.